The van der Waals surface area contributed by atoms with Crippen molar-refractivity contribution in [2.24, 2.45) is 0 Å². The van der Waals surface area contributed by atoms with Crippen LogP contribution >= 0.6 is 0 Å². The lowest BCUT2D eigenvalue weighted by atomic mass is 9.93. The zero-order valence-electron chi connectivity index (χ0n) is 7.69. The Hall–Kier alpha value is -1.25. The van der Waals surface area contributed by atoms with Gasteiger partial charge in [0.25, 0.3) is 0 Å². The molecule has 0 aliphatic heterocycles. The maximum absolute atomic E-state index is 10.5. The Bertz CT molecular complexity index is 229. The van der Waals surface area contributed by atoms with Gasteiger partial charge in [-0.1, -0.05) is 25.5 Å². The van der Waals surface area contributed by atoms with Crippen molar-refractivity contribution < 1.29 is 14.6 Å². The average Bonchev–Trinajstić information content (AvgIpc) is 2.04. The summed E-state index contributed by atoms with van der Waals surface area (Å²) in [5, 5.41) is 8.57. The SMILES string of the molecule is CCCC1(OC(=O)O)C=CCC=C1. The van der Waals surface area contributed by atoms with Crippen LogP contribution in [-0.2, 0) is 4.74 Å². The fourth-order valence-electron chi connectivity index (χ4n) is 1.51. The van der Waals surface area contributed by atoms with E-state index in [2.05, 4.69) is 0 Å². The van der Waals surface area contributed by atoms with Gasteiger partial charge in [-0.3, -0.25) is 0 Å². The highest BCUT2D eigenvalue weighted by Gasteiger charge is 2.28. The second-order valence-corrected chi connectivity index (χ2v) is 3.11. The molecular formula is C10H14O3. The Morgan fingerprint density at radius 2 is 2.15 bits per heavy atom. The molecule has 13 heavy (non-hydrogen) atoms. The molecule has 0 saturated heterocycles. The second kappa shape index (κ2) is 4.12. The van der Waals surface area contributed by atoms with Gasteiger partial charge in [-0.25, -0.2) is 4.79 Å². The minimum absolute atomic E-state index is 0.701. The number of rotatable bonds is 3. The molecule has 1 rings (SSSR count). The van der Waals surface area contributed by atoms with Gasteiger partial charge in [-0.2, -0.15) is 0 Å². The largest absolute Gasteiger partial charge is 0.506 e. The highest BCUT2D eigenvalue weighted by atomic mass is 16.7. The normalized spacial score (nSPS) is 18.5. The average molecular weight is 182 g/mol. The van der Waals surface area contributed by atoms with Crippen LogP contribution < -0.4 is 0 Å². The van der Waals surface area contributed by atoms with Gasteiger partial charge < -0.3 is 9.84 Å². The van der Waals surface area contributed by atoms with Crippen LogP contribution in [0.2, 0.25) is 0 Å². The minimum atomic E-state index is -1.22. The molecule has 0 bridgehead atoms. The third-order valence-electron chi connectivity index (χ3n) is 1.99. The van der Waals surface area contributed by atoms with E-state index in [1.165, 1.54) is 0 Å². The summed E-state index contributed by atoms with van der Waals surface area (Å²) >= 11 is 0. The maximum Gasteiger partial charge on any atom is 0.506 e. The molecule has 3 nitrogen and oxygen atoms in total. The summed E-state index contributed by atoms with van der Waals surface area (Å²) in [5.41, 5.74) is -0.709. The smallest absolute Gasteiger partial charge is 0.450 e. The topological polar surface area (TPSA) is 46.5 Å². The molecule has 0 amide bonds. The van der Waals surface area contributed by atoms with Gasteiger partial charge in [0, 0.05) is 0 Å². The van der Waals surface area contributed by atoms with E-state index in [-0.39, 0.29) is 0 Å². The van der Waals surface area contributed by atoms with E-state index in [1.807, 2.05) is 31.2 Å². The molecule has 0 spiro atoms. The van der Waals surface area contributed by atoms with E-state index in [0.717, 1.165) is 12.8 Å². The number of carboxylic acid groups (broad SMARTS) is 1. The third-order valence-corrected chi connectivity index (χ3v) is 1.99. The minimum Gasteiger partial charge on any atom is -0.450 e. The molecule has 0 radical (unpaired) electrons. The van der Waals surface area contributed by atoms with Gasteiger partial charge >= 0.3 is 6.16 Å². The predicted molar refractivity (Wildman–Crippen MR) is 49.6 cm³/mol. The van der Waals surface area contributed by atoms with E-state index >= 15 is 0 Å². The van der Waals surface area contributed by atoms with E-state index in [9.17, 15) is 4.79 Å². The van der Waals surface area contributed by atoms with Crippen molar-refractivity contribution in [1.82, 2.24) is 0 Å². The molecular weight excluding hydrogens is 168 g/mol. The summed E-state index contributed by atoms with van der Waals surface area (Å²) in [6.45, 7) is 2.00. The molecule has 0 fully saturated rings. The monoisotopic (exact) mass is 182 g/mol. The second-order valence-electron chi connectivity index (χ2n) is 3.11. The fraction of sp³-hybridized carbons (Fsp3) is 0.500. The van der Waals surface area contributed by atoms with E-state index in [4.69, 9.17) is 9.84 Å². The zero-order chi connectivity index (χ0) is 9.73. The summed E-state index contributed by atoms with van der Waals surface area (Å²) < 4.78 is 4.86. The lowest BCUT2D eigenvalue weighted by molar-refractivity contribution is 0.0306. The van der Waals surface area contributed by atoms with Gasteiger partial charge in [-0.05, 0) is 25.0 Å². The summed E-state index contributed by atoms with van der Waals surface area (Å²) in [4.78, 5) is 10.5. The molecule has 0 atom stereocenters. The Morgan fingerprint density at radius 3 is 2.62 bits per heavy atom. The molecule has 0 heterocycles. The van der Waals surface area contributed by atoms with Crippen molar-refractivity contribution in [2.45, 2.75) is 31.8 Å². The highest BCUT2D eigenvalue weighted by molar-refractivity contribution is 5.58. The first kappa shape index (κ1) is 9.84. The number of hydrogen-bond donors (Lipinski definition) is 1. The van der Waals surface area contributed by atoms with Crippen molar-refractivity contribution in [2.75, 3.05) is 0 Å². The molecule has 0 saturated carbocycles. The highest BCUT2D eigenvalue weighted by Crippen LogP contribution is 2.25. The van der Waals surface area contributed by atoms with Crippen LogP contribution in [0.25, 0.3) is 0 Å². The van der Waals surface area contributed by atoms with Crippen molar-refractivity contribution in [3.05, 3.63) is 24.3 Å². The first-order valence-corrected chi connectivity index (χ1v) is 4.46. The number of carbonyl (C=O) groups is 1. The van der Waals surface area contributed by atoms with E-state index < -0.39 is 11.8 Å². The standard InChI is InChI=1S/C10H14O3/c1-2-6-10(13-9(11)12)7-4-3-5-8-10/h4-5,7-8H,2-3,6H2,1H3,(H,11,12). The molecule has 1 aliphatic rings. The lowest BCUT2D eigenvalue weighted by Gasteiger charge is -2.27. The summed E-state index contributed by atoms with van der Waals surface area (Å²) in [7, 11) is 0. The number of allylic oxidation sites excluding steroid dienone is 2. The van der Waals surface area contributed by atoms with Crippen LogP contribution in [0, 0.1) is 0 Å². The molecule has 0 unspecified atom stereocenters. The molecule has 3 heteroatoms. The molecule has 0 aromatic rings. The lowest BCUT2D eigenvalue weighted by Crippen LogP contribution is -2.31. The van der Waals surface area contributed by atoms with Gasteiger partial charge in [0.15, 0.2) is 5.60 Å². The van der Waals surface area contributed by atoms with Crippen LogP contribution in [-0.4, -0.2) is 16.9 Å². The van der Waals surface area contributed by atoms with Crippen molar-refractivity contribution >= 4 is 6.16 Å². The van der Waals surface area contributed by atoms with Crippen LogP contribution in [0.1, 0.15) is 26.2 Å². The number of hydrogen-bond acceptors (Lipinski definition) is 2. The molecule has 72 valence electrons. The van der Waals surface area contributed by atoms with E-state index in [1.54, 1.807) is 0 Å². The Labute approximate surface area is 77.7 Å². The summed E-state index contributed by atoms with van der Waals surface area (Å²) in [6.07, 6.45) is 8.74. The van der Waals surface area contributed by atoms with Crippen LogP contribution in [0.4, 0.5) is 4.79 Å². The van der Waals surface area contributed by atoms with Crippen LogP contribution in [0.3, 0.4) is 0 Å². The molecule has 0 aromatic carbocycles. The number of ether oxygens (including phenoxy) is 1. The molecule has 0 aromatic heterocycles. The van der Waals surface area contributed by atoms with Crippen LogP contribution in [0.5, 0.6) is 0 Å². The van der Waals surface area contributed by atoms with Gasteiger partial charge in [0.2, 0.25) is 0 Å². The summed E-state index contributed by atoms with van der Waals surface area (Å²) in [6, 6.07) is 0. The zero-order valence-corrected chi connectivity index (χ0v) is 7.69. The Kier molecular flexibility index (Phi) is 3.12. The first-order chi connectivity index (χ1) is 6.18. The van der Waals surface area contributed by atoms with Crippen molar-refractivity contribution in [1.29, 1.82) is 0 Å². The van der Waals surface area contributed by atoms with E-state index in [0.29, 0.717) is 6.42 Å². The third kappa shape index (κ3) is 2.61. The Balaban J connectivity index is 2.73. The predicted octanol–water partition coefficient (Wildman–Crippen LogP) is 2.74. The Morgan fingerprint density at radius 1 is 1.54 bits per heavy atom. The first-order valence-electron chi connectivity index (χ1n) is 4.46. The quantitative estimate of drug-likeness (QED) is 0.539. The fourth-order valence-corrected chi connectivity index (χ4v) is 1.51. The van der Waals surface area contributed by atoms with Crippen LogP contribution in [0.15, 0.2) is 24.3 Å². The van der Waals surface area contributed by atoms with Gasteiger partial charge in [0.05, 0.1) is 0 Å². The van der Waals surface area contributed by atoms with Gasteiger partial charge in [0.1, 0.15) is 0 Å². The van der Waals surface area contributed by atoms with Crippen molar-refractivity contribution in [3.8, 4) is 0 Å². The van der Waals surface area contributed by atoms with Gasteiger partial charge in [-0.15, -0.1) is 0 Å². The summed E-state index contributed by atoms with van der Waals surface area (Å²) in [5.74, 6) is 0. The maximum atomic E-state index is 10.5. The molecule has 1 aliphatic carbocycles. The van der Waals surface area contributed by atoms with Crippen molar-refractivity contribution in [3.63, 3.8) is 0 Å². The molecule has 1 N–H and O–H groups in total.